The van der Waals surface area contributed by atoms with Crippen molar-refractivity contribution in [2.75, 3.05) is 6.54 Å². The Morgan fingerprint density at radius 3 is 2.79 bits per heavy atom. The van der Waals surface area contributed by atoms with Crippen LogP contribution in [-0.2, 0) is 7.05 Å². The summed E-state index contributed by atoms with van der Waals surface area (Å²) in [4.78, 5) is 0. The lowest BCUT2D eigenvalue weighted by Crippen LogP contribution is -2.40. The van der Waals surface area contributed by atoms with Crippen molar-refractivity contribution in [2.45, 2.75) is 52.5 Å². The van der Waals surface area contributed by atoms with Gasteiger partial charge in [0.2, 0.25) is 0 Å². The van der Waals surface area contributed by atoms with Gasteiger partial charge in [-0.25, -0.2) is 0 Å². The number of nitrogens with zero attached hydrogens (tertiary/aromatic N) is 2. The summed E-state index contributed by atoms with van der Waals surface area (Å²) in [5, 5.41) is 8.74. The van der Waals surface area contributed by atoms with Crippen LogP contribution in [0.5, 0.6) is 0 Å². The Labute approximate surface area is 121 Å². The summed E-state index contributed by atoms with van der Waals surface area (Å²) in [5.74, 6) is 0.620. The first-order valence-corrected chi connectivity index (χ1v) is 7.76. The maximum absolute atomic E-state index is 6.36. The lowest BCUT2D eigenvalue weighted by Gasteiger charge is -2.43. The van der Waals surface area contributed by atoms with Crippen molar-refractivity contribution < 1.29 is 0 Å². The predicted molar refractivity (Wildman–Crippen MR) is 80.4 cm³/mol. The van der Waals surface area contributed by atoms with E-state index >= 15 is 0 Å². The minimum atomic E-state index is 0.306. The molecule has 2 unspecified atom stereocenters. The largest absolute Gasteiger partial charge is 0.309 e. The lowest BCUT2D eigenvalue weighted by atomic mass is 9.65. The van der Waals surface area contributed by atoms with Gasteiger partial charge in [0.15, 0.2) is 0 Å². The van der Waals surface area contributed by atoms with Crippen molar-refractivity contribution in [3.05, 3.63) is 16.9 Å². The molecule has 3 nitrogen and oxygen atoms in total. The van der Waals surface area contributed by atoms with E-state index in [0.29, 0.717) is 17.4 Å². The summed E-state index contributed by atoms with van der Waals surface area (Å²) < 4.78 is 1.93. The number of nitrogens with one attached hydrogen (secondary N) is 1. The molecule has 1 aromatic rings. The third-order valence-electron chi connectivity index (χ3n) is 4.65. The molecular formula is C15H26ClN3. The van der Waals surface area contributed by atoms with E-state index in [-0.39, 0.29) is 0 Å². The highest BCUT2D eigenvalue weighted by Crippen LogP contribution is 2.47. The summed E-state index contributed by atoms with van der Waals surface area (Å²) in [6, 6.07) is 0.306. The van der Waals surface area contributed by atoms with Crippen LogP contribution >= 0.6 is 11.6 Å². The number of hydrogen-bond donors (Lipinski definition) is 1. The first-order chi connectivity index (χ1) is 8.97. The maximum Gasteiger partial charge on any atom is 0.0834 e. The Morgan fingerprint density at radius 1 is 1.53 bits per heavy atom. The molecule has 1 aliphatic rings. The molecule has 4 heteroatoms. The second-order valence-electron chi connectivity index (χ2n) is 6.38. The van der Waals surface area contributed by atoms with E-state index in [1.807, 2.05) is 11.7 Å². The van der Waals surface area contributed by atoms with Crippen LogP contribution in [0.1, 0.15) is 58.2 Å². The zero-order chi connectivity index (χ0) is 14.0. The van der Waals surface area contributed by atoms with Gasteiger partial charge in [0.25, 0.3) is 0 Å². The van der Waals surface area contributed by atoms with E-state index in [0.717, 1.165) is 17.3 Å². The van der Waals surface area contributed by atoms with Crippen molar-refractivity contribution in [3.63, 3.8) is 0 Å². The average Bonchev–Trinajstić information content (AvgIpc) is 2.67. The topological polar surface area (TPSA) is 29.9 Å². The Morgan fingerprint density at radius 2 is 2.26 bits per heavy atom. The molecule has 0 amide bonds. The molecule has 1 saturated carbocycles. The predicted octanol–water partition coefficient (Wildman–Crippen LogP) is 3.94. The second-order valence-corrected chi connectivity index (χ2v) is 6.78. The van der Waals surface area contributed by atoms with Gasteiger partial charge in [0.1, 0.15) is 0 Å². The monoisotopic (exact) mass is 283 g/mol. The van der Waals surface area contributed by atoms with E-state index in [1.165, 1.54) is 25.7 Å². The third kappa shape index (κ3) is 2.97. The highest BCUT2D eigenvalue weighted by Gasteiger charge is 2.39. The first kappa shape index (κ1) is 14.9. The van der Waals surface area contributed by atoms with Crippen LogP contribution < -0.4 is 5.32 Å². The Hall–Kier alpha value is -0.540. The van der Waals surface area contributed by atoms with E-state index < -0.39 is 0 Å². The fourth-order valence-electron chi connectivity index (χ4n) is 3.56. The van der Waals surface area contributed by atoms with Crippen molar-refractivity contribution in [1.29, 1.82) is 0 Å². The summed E-state index contributed by atoms with van der Waals surface area (Å²) >= 11 is 6.36. The molecule has 1 fully saturated rings. The molecule has 2 rings (SSSR count). The molecule has 0 aromatic carbocycles. The van der Waals surface area contributed by atoms with Crippen LogP contribution in [0.2, 0.25) is 5.02 Å². The third-order valence-corrected chi connectivity index (χ3v) is 4.94. The fourth-order valence-corrected chi connectivity index (χ4v) is 3.84. The standard InChI is InChI=1S/C15H26ClN3/c1-5-17-13(14-12(16)10-18-19(14)4)11-8-6-7-9-15(11,2)3/h10-11,13,17H,5-9H2,1-4H3. The van der Waals surface area contributed by atoms with Crippen molar-refractivity contribution in [3.8, 4) is 0 Å². The molecule has 0 radical (unpaired) electrons. The number of rotatable bonds is 4. The van der Waals surface area contributed by atoms with E-state index in [2.05, 4.69) is 31.2 Å². The lowest BCUT2D eigenvalue weighted by molar-refractivity contribution is 0.0958. The van der Waals surface area contributed by atoms with Gasteiger partial charge in [-0.3, -0.25) is 4.68 Å². The van der Waals surface area contributed by atoms with Crippen LogP contribution in [0.3, 0.4) is 0 Å². The molecule has 0 bridgehead atoms. The highest BCUT2D eigenvalue weighted by atomic mass is 35.5. The van der Waals surface area contributed by atoms with Crippen molar-refractivity contribution in [1.82, 2.24) is 15.1 Å². The molecule has 1 heterocycles. The quantitative estimate of drug-likeness (QED) is 0.907. The normalized spacial score (nSPS) is 24.4. The van der Waals surface area contributed by atoms with E-state index in [9.17, 15) is 0 Å². The van der Waals surface area contributed by atoms with Gasteiger partial charge in [-0.2, -0.15) is 5.10 Å². The SMILES string of the molecule is CCNC(c1c(Cl)cnn1C)C1CCCCC1(C)C. The summed E-state index contributed by atoms with van der Waals surface area (Å²) in [7, 11) is 1.99. The zero-order valence-electron chi connectivity index (χ0n) is 12.5. The molecule has 19 heavy (non-hydrogen) atoms. The van der Waals surface area contributed by atoms with Crippen LogP contribution in [0.25, 0.3) is 0 Å². The van der Waals surface area contributed by atoms with Crippen molar-refractivity contribution >= 4 is 11.6 Å². The van der Waals surface area contributed by atoms with Crippen LogP contribution in [0.4, 0.5) is 0 Å². The molecule has 0 saturated heterocycles. The van der Waals surface area contributed by atoms with Gasteiger partial charge in [-0.1, -0.05) is 45.2 Å². The maximum atomic E-state index is 6.36. The number of halogens is 1. The van der Waals surface area contributed by atoms with Crippen LogP contribution in [-0.4, -0.2) is 16.3 Å². The van der Waals surface area contributed by atoms with E-state index in [4.69, 9.17) is 11.6 Å². The molecule has 2 atom stereocenters. The Balaban J connectivity index is 2.34. The Bertz CT molecular complexity index is 406. The molecule has 1 N–H and O–H groups in total. The first-order valence-electron chi connectivity index (χ1n) is 7.38. The van der Waals surface area contributed by atoms with Gasteiger partial charge in [0, 0.05) is 7.05 Å². The molecular weight excluding hydrogens is 258 g/mol. The smallest absolute Gasteiger partial charge is 0.0834 e. The number of aryl methyl sites for hydroxylation is 1. The molecule has 1 aromatic heterocycles. The highest BCUT2D eigenvalue weighted by molar-refractivity contribution is 6.31. The minimum Gasteiger partial charge on any atom is -0.309 e. The zero-order valence-corrected chi connectivity index (χ0v) is 13.3. The van der Waals surface area contributed by atoms with Gasteiger partial charge < -0.3 is 5.32 Å². The summed E-state index contributed by atoms with van der Waals surface area (Å²) in [6.45, 7) is 7.91. The van der Waals surface area contributed by atoms with Gasteiger partial charge in [0.05, 0.1) is 23.0 Å². The Kier molecular flexibility index (Phi) is 4.57. The molecule has 0 spiro atoms. The molecule has 1 aliphatic carbocycles. The van der Waals surface area contributed by atoms with Crippen LogP contribution in [0, 0.1) is 11.3 Å². The fraction of sp³-hybridized carbons (Fsp3) is 0.800. The molecule has 0 aliphatic heterocycles. The van der Waals surface area contributed by atoms with Gasteiger partial charge >= 0.3 is 0 Å². The number of hydrogen-bond acceptors (Lipinski definition) is 2. The van der Waals surface area contributed by atoms with E-state index in [1.54, 1.807) is 6.20 Å². The van der Waals surface area contributed by atoms with Crippen molar-refractivity contribution in [2.24, 2.45) is 18.4 Å². The average molecular weight is 284 g/mol. The van der Waals surface area contributed by atoms with Gasteiger partial charge in [-0.15, -0.1) is 0 Å². The minimum absolute atomic E-state index is 0.306. The molecule has 108 valence electrons. The summed E-state index contributed by atoms with van der Waals surface area (Å²) in [6.07, 6.45) is 7.01. The van der Waals surface area contributed by atoms with Crippen LogP contribution in [0.15, 0.2) is 6.20 Å². The van der Waals surface area contributed by atoms with Gasteiger partial charge in [-0.05, 0) is 30.7 Å². The second kappa shape index (κ2) is 5.84. The summed E-state index contributed by atoms with van der Waals surface area (Å²) in [5.41, 5.74) is 1.50. The number of aromatic nitrogens is 2.